The first-order valence-electron chi connectivity index (χ1n) is 12.7. The molecule has 2 aromatic heterocycles. The van der Waals surface area contributed by atoms with Crippen LogP contribution in [0.3, 0.4) is 0 Å². The predicted octanol–water partition coefficient (Wildman–Crippen LogP) is 5.09. The van der Waals surface area contributed by atoms with E-state index in [-0.39, 0.29) is 11.6 Å². The van der Waals surface area contributed by atoms with Crippen molar-refractivity contribution in [2.75, 3.05) is 31.2 Å². The zero-order valence-corrected chi connectivity index (χ0v) is 24.2. The molecular formula is C30H32F2N6O2S. The minimum absolute atomic E-state index is 0.0840. The predicted molar refractivity (Wildman–Crippen MR) is 160 cm³/mol. The fraction of sp³-hybridized carbons (Fsp3) is 0.233. The molecule has 0 bridgehead atoms. The van der Waals surface area contributed by atoms with E-state index in [1.54, 1.807) is 6.92 Å². The first-order valence-corrected chi connectivity index (χ1v) is 14.1. The fourth-order valence-corrected chi connectivity index (χ4v) is 5.11. The van der Waals surface area contributed by atoms with Crippen LogP contribution in [-0.4, -0.2) is 49.0 Å². The lowest BCUT2D eigenvalue weighted by Crippen LogP contribution is -2.16. The van der Waals surface area contributed by atoms with E-state index in [9.17, 15) is 17.2 Å². The number of sulfonamides is 1. The Labute approximate surface area is 239 Å². The summed E-state index contributed by atoms with van der Waals surface area (Å²) in [5.41, 5.74) is 10.6. The number of anilines is 2. The Morgan fingerprint density at radius 3 is 2.63 bits per heavy atom. The molecule has 11 heteroatoms. The van der Waals surface area contributed by atoms with Crippen molar-refractivity contribution in [2.24, 2.45) is 0 Å². The zero-order chi connectivity index (χ0) is 30.2. The molecule has 0 aliphatic carbocycles. The van der Waals surface area contributed by atoms with Gasteiger partial charge in [0.25, 0.3) is 10.0 Å². The third kappa shape index (κ3) is 8.06. The summed E-state index contributed by atoms with van der Waals surface area (Å²) in [5, 5.41) is 0. The van der Waals surface area contributed by atoms with E-state index in [1.165, 1.54) is 12.3 Å². The molecule has 41 heavy (non-hydrogen) atoms. The second-order valence-corrected chi connectivity index (χ2v) is 10.9. The van der Waals surface area contributed by atoms with Gasteiger partial charge >= 0.3 is 0 Å². The van der Waals surface area contributed by atoms with Crippen molar-refractivity contribution in [1.82, 2.24) is 19.9 Å². The molecule has 3 rings (SSSR count). The molecule has 0 unspecified atom stereocenters. The van der Waals surface area contributed by atoms with Gasteiger partial charge < -0.3 is 10.6 Å². The largest absolute Gasteiger partial charge is 0.368 e. The van der Waals surface area contributed by atoms with Gasteiger partial charge in [0.2, 0.25) is 5.95 Å². The Kier molecular flexibility index (Phi) is 10.5. The molecule has 3 aromatic rings. The van der Waals surface area contributed by atoms with Gasteiger partial charge in [0, 0.05) is 23.9 Å². The lowest BCUT2D eigenvalue weighted by molar-refractivity contribution is 0.402. The van der Waals surface area contributed by atoms with Crippen molar-refractivity contribution < 1.29 is 17.2 Å². The summed E-state index contributed by atoms with van der Waals surface area (Å²) in [6.07, 6.45) is 4.50. The molecule has 0 radical (unpaired) electrons. The number of benzene rings is 1. The number of alkyl halides is 1. The van der Waals surface area contributed by atoms with Gasteiger partial charge in [-0.15, -0.1) is 0 Å². The second kappa shape index (κ2) is 13.8. The summed E-state index contributed by atoms with van der Waals surface area (Å²) >= 11 is 0. The number of pyridine rings is 1. The number of rotatable bonds is 10. The fourth-order valence-electron chi connectivity index (χ4n) is 3.89. The minimum atomic E-state index is -4.43. The Bertz CT molecular complexity index is 1670. The van der Waals surface area contributed by atoms with Crippen LogP contribution in [-0.2, 0) is 23.0 Å². The van der Waals surface area contributed by atoms with Crippen LogP contribution < -0.4 is 10.5 Å². The van der Waals surface area contributed by atoms with Crippen LogP contribution in [0.25, 0.3) is 11.3 Å². The number of allylic oxidation sites excluding steroid dienone is 4. The smallest absolute Gasteiger partial charge is 0.264 e. The first-order chi connectivity index (χ1) is 19.5. The number of hydrogen-bond donors (Lipinski definition) is 2. The third-order valence-corrected chi connectivity index (χ3v) is 7.16. The SMILES string of the molecule is C=C/C(F)=C(\C=C/CF)S(=O)(=O)Nc1cc(C#Cc2c(CC)nc(N)nc2-c2cccc(CN(C)C)c2)cnc1C. The van der Waals surface area contributed by atoms with Gasteiger partial charge in [0.05, 0.1) is 28.3 Å². The molecule has 0 atom stereocenters. The van der Waals surface area contributed by atoms with Gasteiger partial charge in [-0.2, -0.15) is 0 Å². The summed E-state index contributed by atoms with van der Waals surface area (Å²) < 4.78 is 55.1. The standard InChI is InChI=1S/C30H32F2N6O2S/c1-6-25(32)28(12-9-15-31)41(39,40)37-27-17-21(18-34-20(27)3)13-14-24-26(7-2)35-30(33)36-29(24)23-11-8-10-22(16-23)19-38(4)5/h6,8-12,16-18,37H,1,7,15,19H2,2-5H3,(H2,33,35,36)/b12-9-,28-25-. The summed E-state index contributed by atoms with van der Waals surface area (Å²) in [7, 11) is -0.461. The molecule has 0 spiro atoms. The summed E-state index contributed by atoms with van der Waals surface area (Å²) in [6, 6.07) is 9.40. The minimum Gasteiger partial charge on any atom is -0.368 e. The van der Waals surface area contributed by atoms with Gasteiger partial charge in [-0.25, -0.2) is 27.2 Å². The van der Waals surface area contributed by atoms with Gasteiger partial charge in [-0.1, -0.05) is 49.6 Å². The van der Waals surface area contributed by atoms with Crippen molar-refractivity contribution in [1.29, 1.82) is 0 Å². The highest BCUT2D eigenvalue weighted by Crippen LogP contribution is 2.26. The van der Waals surface area contributed by atoms with E-state index < -0.39 is 27.4 Å². The van der Waals surface area contributed by atoms with Crippen LogP contribution in [0.4, 0.5) is 20.4 Å². The van der Waals surface area contributed by atoms with E-state index in [4.69, 9.17) is 5.73 Å². The molecular weight excluding hydrogens is 546 g/mol. The van der Waals surface area contributed by atoms with Gasteiger partial charge in [0.15, 0.2) is 0 Å². The normalized spacial score (nSPS) is 12.2. The molecule has 0 saturated carbocycles. The molecule has 2 heterocycles. The molecule has 0 fully saturated rings. The van der Waals surface area contributed by atoms with E-state index in [2.05, 4.69) is 43.0 Å². The lowest BCUT2D eigenvalue weighted by atomic mass is 10.0. The quantitative estimate of drug-likeness (QED) is 0.255. The van der Waals surface area contributed by atoms with Crippen molar-refractivity contribution in [3.8, 4) is 23.1 Å². The summed E-state index contributed by atoms with van der Waals surface area (Å²) in [5.74, 6) is 5.16. The number of nitrogens with one attached hydrogen (secondary N) is 1. The van der Waals surface area contributed by atoms with E-state index in [0.717, 1.165) is 35.9 Å². The number of nitrogens with zero attached hydrogens (tertiary/aromatic N) is 4. The third-order valence-electron chi connectivity index (χ3n) is 5.76. The van der Waals surface area contributed by atoms with Crippen LogP contribution >= 0.6 is 0 Å². The number of nitrogens with two attached hydrogens (primary N) is 1. The first kappa shape index (κ1) is 31.1. The van der Waals surface area contributed by atoms with Crippen molar-refractivity contribution >= 4 is 21.7 Å². The molecule has 0 saturated heterocycles. The maximum Gasteiger partial charge on any atom is 0.264 e. The molecule has 0 aliphatic heterocycles. The maximum atomic E-state index is 14.3. The van der Waals surface area contributed by atoms with Crippen molar-refractivity contribution in [3.05, 3.63) is 100 Å². The van der Waals surface area contributed by atoms with Gasteiger partial charge in [-0.05, 0) is 57.3 Å². The van der Waals surface area contributed by atoms with Crippen LogP contribution in [0.2, 0.25) is 0 Å². The van der Waals surface area contributed by atoms with Gasteiger partial charge in [-0.3, -0.25) is 9.71 Å². The Morgan fingerprint density at radius 1 is 1.22 bits per heavy atom. The van der Waals surface area contributed by atoms with Crippen molar-refractivity contribution in [3.63, 3.8) is 0 Å². The average Bonchev–Trinajstić information content (AvgIpc) is 2.93. The Balaban J connectivity index is 2.08. The number of aryl methyl sites for hydroxylation is 2. The molecule has 1 aromatic carbocycles. The van der Waals surface area contributed by atoms with Crippen molar-refractivity contribution in [2.45, 2.75) is 26.8 Å². The van der Waals surface area contributed by atoms with E-state index in [1.807, 2.05) is 45.3 Å². The summed E-state index contributed by atoms with van der Waals surface area (Å²) in [6.45, 7) is 6.55. The molecule has 214 valence electrons. The highest BCUT2D eigenvalue weighted by Gasteiger charge is 2.21. The van der Waals surface area contributed by atoms with Crippen LogP contribution in [0.1, 0.15) is 35.0 Å². The van der Waals surface area contributed by atoms with Gasteiger partial charge in [0.1, 0.15) is 17.4 Å². The number of aromatic nitrogens is 3. The number of halogens is 2. The molecule has 0 amide bonds. The maximum absolute atomic E-state index is 14.3. The van der Waals surface area contributed by atoms with E-state index in [0.29, 0.717) is 34.6 Å². The lowest BCUT2D eigenvalue weighted by Gasteiger charge is -2.13. The Hall–Kier alpha value is -4.40. The van der Waals surface area contributed by atoms with Crippen LogP contribution in [0.15, 0.2) is 72.1 Å². The second-order valence-electron chi connectivity index (χ2n) is 9.23. The molecule has 3 N–H and O–H groups in total. The average molecular weight is 579 g/mol. The monoisotopic (exact) mass is 578 g/mol. The van der Waals surface area contributed by atoms with Crippen LogP contribution in [0, 0.1) is 18.8 Å². The highest BCUT2D eigenvalue weighted by atomic mass is 32.2. The number of hydrogen-bond acceptors (Lipinski definition) is 7. The molecule has 8 nitrogen and oxygen atoms in total. The Morgan fingerprint density at radius 2 is 1.98 bits per heavy atom. The summed E-state index contributed by atoms with van der Waals surface area (Å²) in [4.78, 5) is 14.4. The topological polar surface area (TPSA) is 114 Å². The van der Waals surface area contributed by atoms with Crippen LogP contribution in [0.5, 0.6) is 0 Å². The zero-order valence-electron chi connectivity index (χ0n) is 23.4. The number of nitrogen functional groups attached to an aromatic ring is 1. The van der Waals surface area contributed by atoms with E-state index >= 15 is 0 Å². The highest BCUT2D eigenvalue weighted by molar-refractivity contribution is 7.96. The molecule has 0 aliphatic rings.